The highest BCUT2D eigenvalue weighted by atomic mass is 19.4. The molecule has 1 aliphatic carbocycles. The van der Waals surface area contributed by atoms with Gasteiger partial charge in [-0.05, 0) is 81.6 Å². The van der Waals surface area contributed by atoms with E-state index in [-0.39, 0.29) is 11.7 Å². The lowest BCUT2D eigenvalue weighted by molar-refractivity contribution is -0.153. The van der Waals surface area contributed by atoms with Gasteiger partial charge in [-0.15, -0.1) is 0 Å². The third-order valence-corrected chi connectivity index (χ3v) is 9.51. The van der Waals surface area contributed by atoms with E-state index in [0.29, 0.717) is 33.3 Å². The Bertz CT molecular complexity index is 1680. The Hall–Kier alpha value is -3.66. The topological polar surface area (TPSA) is 70.2 Å². The van der Waals surface area contributed by atoms with Gasteiger partial charge in [0.2, 0.25) is 0 Å². The van der Waals surface area contributed by atoms with Crippen LogP contribution in [-0.4, -0.2) is 71.1 Å². The number of rotatable bonds is 6. The number of likely N-dealkylation sites (tertiary alicyclic amines) is 1. The van der Waals surface area contributed by atoms with Crippen molar-refractivity contribution in [2.24, 2.45) is 5.41 Å². The number of nitrogens with one attached hydrogen (secondary N) is 1. The van der Waals surface area contributed by atoms with Gasteiger partial charge in [0.1, 0.15) is 17.2 Å². The van der Waals surface area contributed by atoms with E-state index in [1.807, 2.05) is 25.1 Å². The molecule has 0 unspecified atom stereocenters. The minimum Gasteiger partial charge on any atom is -0.481 e. The minimum absolute atomic E-state index is 0.119. The molecule has 2 aromatic heterocycles. The summed E-state index contributed by atoms with van der Waals surface area (Å²) in [5, 5.41) is 8.71. The fourth-order valence-corrected chi connectivity index (χ4v) is 7.03. The van der Waals surface area contributed by atoms with Gasteiger partial charge < -0.3 is 14.5 Å². The Balaban J connectivity index is 1.50. The standard InChI is InChI=1S/C32H35F3N6O/c1-4-20-14-22-27(28(42-18-32(33,34)35)26(20)25-19(2)6-7-24-23(25)15-36-39-24)37-29(21-8-12-40(3)13-9-21)38-30(22)41-16-31(17-41)10-5-11-31/h4,6-7,14-15,21H,1,5,8-13,16-18H2,2-3H3,(H,36,39). The maximum absolute atomic E-state index is 13.7. The third-order valence-electron chi connectivity index (χ3n) is 9.51. The molecular formula is C32H35F3N6O. The summed E-state index contributed by atoms with van der Waals surface area (Å²) in [4.78, 5) is 14.8. The zero-order valence-electron chi connectivity index (χ0n) is 24.0. The smallest absolute Gasteiger partial charge is 0.422 e. The molecule has 7 nitrogen and oxygen atoms in total. The number of anilines is 1. The van der Waals surface area contributed by atoms with E-state index in [1.165, 1.54) is 19.3 Å². The number of ether oxygens (including phenoxy) is 1. The van der Waals surface area contributed by atoms with Gasteiger partial charge in [0.05, 0.1) is 11.7 Å². The van der Waals surface area contributed by atoms with Gasteiger partial charge in [0.15, 0.2) is 12.4 Å². The molecule has 3 fully saturated rings. The molecular weight excluding hydrogens is 541 g/mol. The van der Waals surface area contributed by atoms with Gasteiger partial charge in [-0.2, -0.15) is 18.3 Å². The van der Waals surface area contributed by atoms with E-state index < -0.39 is 12.8 Å². The number of nitrogens with zero attached hydrogens (tertiary/aromatic N) is 5. The zero-order chi connectivity index (χ0) is 29.2. The molecule has 1 spiro atoms. The Morgan fingerprint density at radius 2 is 1.88 bits per heavy atom. The maximum atomic E-state index is 13.7. The summed E-state index contributed by atoms with van der Waals surface area (Å²) in [5.41, 5.74) is 4.42. The van der Waals surface area contributed by atoms with Crippen LogP contribution < -0.4 is 9.64 Å². The highest BCUT2D eigenvalue weighted by Gasteiger charge is 2.48. The number of piperidine rings is 1. The Morgan fingerprint density at radius 3 is 2.55 bits per heavy atom. The first-order valence-corrected chi connectivity index (χ1v) is 14.7. The lowest BCUT2D eigenvalue weighted by atomic mass is 9.63. The molecule has 7 rings (SSSR count). The third kappa shape index (κ3) is 4.60. The maximum Gasteiger partial charge on any atom is 0.422 e. The first-order chi connectivity index (χ1) is 20.1. The normalized spacial score (nSPS) is 19.3. The number of H-pyrrole nitrogens is 1. The van der Waals surface area contributed by atoms with Crippen molar-refractivity contribution in [3.8, 4) is 16.9 Å². The molecule has 220 valence electrons. The molecule has 10 heteroatoms. The van der Waals surface area contributed by atoms with Crippen LogP contribution in [0.1, 0.15) is 55.0 Å². The van der Waals surface area contributed by atoms with Crippen molar-refractivity contribution >= 4 is 33.7 Å². The molecule has 3 aliphatic rings. The number of hydrogen-bond acceptors (Lipinski definition) is 6. The van der Waals surface area contributed by atoms with Crippen LogP contribution in [0, 0.1) is 12.3 Å². The van der Waals surface area contributed by atoms with Crippen molar-refractivity contribution in [2.75, 3.05) is 44.7 Å². The van der Waals surface area contributed by atoms with Crippen LogP contribution in [0.4, 0.5) is 19.0 Å². The lowest BCUT2D eigenvalue weighted by Crippen LogP contribution is -2.60. The minimum atomic E-state index is -4.52. The highest BCUT2D eigenvalue weighted by molar-refractivity contribution is 6.07. The molecule has 2 aromatic carbocycles. The van der Waals surface area contributed by atoms with Gasteiger partial charge in [-0.25, -0.2) is 9.97 Å². The average Bonchev–Trinajstić information content (AvgIpc) is 3.38. The highest BCUT2D eigenvalue weighted by Crippen LogP contribution is 2.52. The summed E-state index contributed by atoms with van der Waals surface area (Å²) in [6, 6.07) is 5.84. The van der Waals surface area contributed by atoms with Crippen LogP contribution in [0.3, 0.4) is 0 Å². The molecule has 0 bridgehead atoms. The molecule has 0 radical (unpaired) electrons. The zero-order valence-corrected chi connectivity index (χ0v) is 24.0. The fraction of sp³-hybridized carbons (Fsp3) is 0.469. The number of aromatic nitrogens is 4. The second-order valence-electron chi connectivity index (χ2n) is 12.5. The van der Waals surface area contributed by atoms with Crippen LogP contribution >= 0.6 is 0 Å². The molecule has 2 aliphatic heterocycles. The quantitative estimate of drug-likeness (QED) is 0.270. The molecule has 4 heterocycles. The predicted octanol–water partition coefficient (Wildman–Crippen LogP) is 6.87. The number of fused-ring (bicyclic) bond motifs is 2. The second-order valence-corrected chi connectivity index (χ2v) is 12.5. The van der Waals surface area contributed by atoms with Crippen molar-refractivity contribution < 1.29 is 17.9 Å². The van der Waals surface area contributed by atoms with Crippen LogP contribution in [0.15, 0.2) is 31.0 Å². The SMILES string of the molecule is C=Cc1cc2c(N3CC4(CCC4)C3)nc(C3CCN(C)CC3)nc2c(OCC(F)(F)F)c1-c1c(C)ccc2[nH]ncc12. The first kappa shape index (κ1) is 27.2. The summed E-state index contributed by atoms with van der Waals surface area (Å²) in [6.45, 7) is 8.24. The van der Waals surface area contributed by atoms with E-state index in [4.69, 9.17) is 14.7 Å². The molecule has 2 saturated heterocycles. The lowest BCUT2D eigenvalue weighted by Gasteiger charge is -2.56. The molecule has 0 atom stereocenters. The first-order valence-electron chi connectivity index (χ1n) is 14.7. The van der Waals surface area contributed by atoms with Crippen LogP contribution in [-0.2, 0) is 0 Å². The van der Waals surface area contributed by atoms with E-state index in [2.05, 4.69) is 33.6 Å². The molecule has 42 heavy (non-hydrogen) atoms. The van der Waals surface area contributed by atoms with Crippen LogP contribution in [0.25, 0.3) is 39.0 Å². The summed E-state index contributed by atoms with van der Waals surface area (Å²) < 4.78 is 47.0. The largest absolute Gasteiger partial charge is 0.481 e. The summed E-state index contributed by atoms with van der Waals surface area (Å²) in [6.07, 6.45) is 4.34. The predicted molar refractivity (Wildman–Crippen MR) is 159 cm³/mol. The van der Waals surface area contributed by atoms with Gasteiger partial charge in [0, 0.05) is 40.8 Å². The number of halogens is 3. The van der Waals surface area contributed by atoms with Gasteiger partial charge in [0.25, 0.3) is 0 Å². The Labute approximate surface area is 242 Å². The fourth-order valence-electron chi connectivity index (χ4n) is 7.03. The number of hydrogen-bond donors (Lipinski definition) is 1. The second kappa shape index (κ2) is 9.97. The summed E-state index contributed by atoms with van der Waals surface area (Å²) >= 11 is 0. The van der Waals surface area contributed by atoms with Crippen LogP contribution in [0.2, 0.25) is 0 Å². The summed E-state index contributed by atoms with van der Waals surface area (Å²) in [5.74, 6) is 1.72. The number of aryl methyl sites for hydroxylation is 1. The Morgan fingerprint density at radius 1 is 1.12 bits per heavy atom. The van der Waals surface area contributed by atoms with Crippen molar-refractivity contribution in [1.82, 2.24) is 25.1 Å². The number of benzene rings is 2. The van der Waals surface area contributed by atoms with Crippen molar-refractivity contribution in [2.45, 2.75) is 51.1 Å². The van der Waals surface area contributed by atoms with E-state index in [9.17, 15) is 13.2 Å². The number of aromatic amines is 1. The van der Waals surface area contributed by atoms with E-state index in [1.54, 1.807) is 12.3 Å². The average molecular weight is 577 g/mol. The van der Waals surface area contributed by atoms with Crippen molar-refractivity contribution in [3.63, 3.8) is 0 Å². The monoisotopic (exact) mass is 576 g/mol. The summed E-state index contributed by atoms with van der Waals surface area (Å²) in [7, 11) is 2.10. The molecule has 1 saturated carbocycles. The molecule has 1 N–H and O–H groups in total. The molecule has 4 aromatic rings. The Kier molecular flexibility index (Phi) is 6.45. The van der Waals surface area contributed by atoms with Crippen molar-refractivity contribution in [1.29, 1.82) is 0 Å². The number of alkyl halides is 3. The molecule has 0 amide bonds. The van der Waals surface area contributed by atoms with E-state index in [0.717, 1.165) is 66.9 Å². The van der Waals surface area contributed by atoms with Gasteiger partial charge in [-0.3, -0.25) is 5.10 Å². The van der Waals surface area contributed by atoms with Crippen molar-refractivity contribution in [3.05, 3.63) is 47.9 Å². The van der Waals surface area contributed by atoms with Crippen LogP contribution in [0.5, 0.6) is 5.75 Å². The van der Waals surface area contributed by atoms with E-state index >= 15 is 0 Å². The van der Waals surface area contributed by atoms with Gasteiger partial charge in [-0.1, -0.05) is 25.1 Å². The van der Waals surface area contributed by atoms with Gasteiger partial charge >= 0.3 is 6.18 Å².